The summed E-state index contributed by atoms with van der Waals surface area (Å²) in [5.74, 6) is -0.804. The second-order valence-corrected chi connectivity index (χ2v) is 7.23. The molecule has 0 spiro atoms. The van der Waals surface area contributed by atoms with Crippen molar-refractivity contribution in [2.45, 2.75) is 6.92 Å². The van der Waals surface area contributed by atoms with Crippen LogP contribution in [0.25, 0.3) is 16.7 Å². The number of esters is 2. The molecular formula is C25H21N3O5. The zero-order chi connectivity index (χ0) is 23.4. The van der Waals surface area contributed by atoms with Crippen molar-refractivity contribution in [3.63, 3.8) is 0 Å². The Morgan fingerprint density at radius 2 is 1.61 bits per heavy atom. The quantitative estimate of drug-likeness (QED) is 0.454. The molecule has 0 aliphatic rings. The maximum absolute atomic E-state index is 12.5. The Bertz CT molecular complexity index is 1330. The minimum absolute atomic E-state index is 0.301. The molecule has 0 saturated carbocycles. The average Bonchev–Trinajstić information content (AvgIpc) is 3.17. The van der Waals surface area contributed by atoms with E-state index in [0.717, 1.165) is 17.0 Å². The summed E-state index contributed by atoms with van der Waals surface area (Å²) in [6.07, 6.45) is 0. The van der Waals surface area contributed by atoms with Crippen LogP contribution in [0.2, 0.25) is 0 Å². The van der Waals surface area contributed by atoms with Gasteiger partial charge in [-0.1, -0.05) is 18.2 Å². The number of para-hydroxylation sites is 1. The number of nitrogens with zero attached hydrogens (tertiary/aromatic N) is 2. The van der Waals surface area contributed by atoms with E-state index in [-0.39, 0.29) is 0 Å². The highest BCUT2D eigenvalue weighted by molar-refractivity contribution is 5.97. The molecule has 1 amide bonds. The van der Waals surface area contributed by atoms with Crippen molar-refractivity contribution in [3.05, 3.63) is 89.7 Å². The zero-order valence-electron chi connectivity index (χ0n) is 18.1. The highest BCUT2D eigenvalue weighted by atomic mass is 16.5. The second kappa shape index (κ2) is 9.35. The number of hydrogen-bond donors (Lipinski definition) is 1. The maximum Gasteiger partial charge on any atom is 0.338 e. The third kappa shape index (κ3) is 4.74. The summed E-state index contributed by atoms with van der Waals surface area (Å²) in [6.45, 7) is 1.44. The molecule has 166 valence electrons. The molecule has 3 aromatic carbocycles. The molecule has 8 nitrogen and oxygen atoms in total. The van der Waals surface area contributed by atoms with Crippen LogP contribution in [-0.2, 0) is 14.3 Å². The summed E-state index contributed by atoms with van der Waals surface area (Å²) in [6, 6.07) is 21.1. The second-order valence-electron chi connectivity index (χ2n) is 7.23. The van der Waals surface area contributed by atoms with Gasteiger partial charge in [-0.05, 0) is 61.5 Å². The molecule has 0 atom stereocenters. The van der Waals surface area contributed by atoms with E-state index in [1.165, 1.54) is 19.2 Å². The van der Waals surface area contributed by atoms with Crippen LogP contribution in [0.15, 0.2) is 72.8 Å². The van der Waals surface area contributed by atoms with Gasteiger partial charge in [-0.25, -0.2) is 14.6 Å². The number of rotatable bonds is 6. The van der Waals surface area contributed by atoms with Crippen LogP contribution in [0, 0.1) is 6.92 Å². The molecule has 4 aromatic rings. The molecule has 0 aliphatic heterocycles. The third-order valence-electron chi connectivity index (χ3n) is 5.00. The normalized spacial score (nSPS) is 10.6. The molecule has 1 aromatic heterocycles. The summed E-state index contributed by atoms with van der Waals surface area (Å²) in [7, 11) is 1.29. The Morgan fingerprint density at radius 3 is 2.30 bits per heavy atom. The van der Waals surface area contributed by atoms with Crippen LogP contribution in [0.4, 0.5) is 5.69 Å². The lowest BCUT2D eigenvalue weighted by atomic mass is 10.2. The van der Waals surface area contributed by atoms with E-state index in [1.807, 2.05) is 47.9 Å². The molecule has 0 radical (unpaired) electrons. The van der Waals surface area contributed by atoms with Gasteiger partial charge in [0.15, 0.2) is 6.61 Å². The number of methoxy groups -OCH3 is 1. The summed E-state index contributed by atoms with van der Waals surface area (Å²) in [5.41, 5.74) is 3.62. The molecule has 4 rings (SSSR count). The average molecular weight is 443 g/mol. The summed E-state index contributed by atoms with van der Waals surface area (Å²) in [5, 5.41) is 2.61. The Morgan fingerprint density at radius 1 is 0.909 bits per heavy atom. The van der Waals surface area contributed by atoms with E-state index in [1.54, 1.807) is 24.3 Å². The van der Waals surface area contributed by atoms with Gasteiger partial charge in [0.05, 0.1) is 29.3 Å². The fourth-order valence-electron chi connectivity index (χ4n) is 3.45. The van der Waals surface area contributed by atoms with E-state index in [9.17, 15) is 14.4 Å². The number of amides is 1. The fourth-order valence-corrected chi connectivity index (χ4v) is 3.45. The van der Waals surface area contributed by atoms with Gasteiger partial charge in [-0.3, -0.25) is 9.36 Å². The number of anilines is 1. The predicted molar refractivity (Wildman–Crippen MR) is 123 cm³/mol. The number of benzene rings is 3. The van der Waals surface area contributed by atoms with Crippen LogP contribution in [-0.4, -0.2) is 41.1 Å². The molecular weight excluding hydrogens is 422 g/mol. The molecule has 0 bridgehead atoms. The number of aryl methyl sites for hydroxylation is 1. The Labute approximate surface area is 189 Å². The number of nitrogens with one attached hydrogen (secondary N) is 1. The van der Waals surface area contributed by atoms with Crippen LogP contribution in [0.1, 0.15) is 26.5 Å². The van der Waals surface area contributed by atoms with Gasteiger partial charge in [0, 0.05) is 11.4 Å². The third-order valence-corrected chi connectivity index (χ3v) is 5.00. The first-order valence-electron chi connectivity index (χ1n) is 10.2. The molecule has 1 heterocycles. The number of hydrogen-bond acceptors (Lipinski definition) is 6. The van der Waals surface area contributed by atoms with Gasteiger partial charge >= 0.3 is 11.9 Å². The van der Waals surface area contributed by atoms with Gasteiger partial charge in [0.25, 0.3) is 5.91 Å². The minimum atomic E-state index is -0.625. The van der Waals surface area contributed by atoms with E-state index < -0.39 is 24.5 Å². The molecule has 0 fully saturated rings. The number of ether oxygens (including phenoxy) is 2. The lowest BCUT2D eigenvalue weighted by molar-refractivity contribution is -0.119. The van der Waals surface area contributed by atoms with Gasteiger partial charge in [0.2, 0.25) is 0 Å². The SMILES string of the molecule is COC(=O)c1ccc(NC(=O)COC(=O)c2ccc3c(c2)nc(C)n3-c2ccccc2)cc1. The predicted octanol–water partition coefficient (Wildman–Crippen LogP) is 3.92. The molecule has 8 heteroatoms. The van der Waals surface area contributed by atoms with Crippen molar-refractivity contribution in [1.29, 1.82) is 0 Å². The highest BCUT2D eigenvalue weighted by Crippen LogP contribution is 2.22. The van der Waals surface area contributed by atoms with E-state index >= 15 is 0 Å². The first-order chi connectivity index (χ1) is 16.0. The standard InChI is InChI=1S/C25H21N3O5/c1-16-26-21-14-18(10-13-22(21)28(16)20-6-4-3-5-7-20)25(31)33-15-23(29)27-19-11-8-17(9-12-19)24(30)32-2/h3-14H,15H2,1-2H3,(H,27,29). The van der Waals surface area contributed by atoms with Crippen molar-refractivity contribution < 1.29 is 23.9 Å². The largest absolute Gasteiger partial charge is 0.465 e. The Kier molecular flexibility index (Phi) is 6.17. The van der Waals surface area contributed by atoms with Crippen molar-refractivity contribution >= 4 is 34.6 Å². The summed E-state index contributed by atoms with van der Waals surface area (Å²) >= 11 is 0. The van der Waals surface area contributed by atoms with Crippen molar-refractivity contribution in [2.75, 3.05) is 19.0 Å². The smallest absolute Gasteiger partial charge is 0.338 e. The number of aromatic nitrogens is 2. The Balaban J connectivity index is 1.40. The van der Waals surface area contributed by atoms with Gasteiger partial charge in [-0.15, -0.1) is 0 Å². The van der Waals surface area contributed by atoms with Gasteiger partial charge in [-0.2, -0.15) is 0 Å². The summed E-state index contributed by atoms with van der Waals surface area (Å²) < 4.78 is 11.8. The van der Waals surface area contributed by atoms with Gasteiger partial charge < -0.3 is 14.8 Å². The fraction of sp³-hybridized carbons (Fsp3) is 0.120. The topological polar surface area (TPSA) is 99.5 Å². The zero-order valence-corrected chi connectivity index (χ0v) is 18.1. The van der Waals surface area contributed by atoms with Crippen molar-refractivity contribution in [1.82, 2.24) is 9.55 Å². The summed E-state index contributed by atoms with van der Waals surface area (Å²) in [4.78, 5) is 40.6. The molecule has 33 heavy (non-hydrogen) atoms. The van der Waals surface area contributed by atoms with Crippen molar-refractivity contribution in [3.8, 4) is 5.69 Å². The van der Waals surface area contributed by atoms with Crippen LogP contribution < -0.4 is 5.32 Å². The highest BCUT2D eigenvalue weighted by Gasteiger charge is 2.15. The first-order valence-corrected chi connectivity index (χ1v) is 10.2. The van der Waals surface area contributed by atoms with E-state index in [2.05, 4.69) is 15.0 Å². The van der Waals surface area contributed by atoms with Crippen LogP contribution in [0.3, 0.4) is 0 Å². The number of carbonyl (C=O) groups is 3. The van der Waals surface area contributed by atoms with E-state index in [4.69, 9.17) is 4.74 Å². The van der Waals surface area contributed by atoms with E-state index in [0.29, 0.717) is 22.3 Å². The first kappa shape index (κ1) is 21.8. The van der Waals surface area contributed by atoms with Crippen molar-refractivity contribution in [2.24, 2.45) is 0 Å². The molecule has 0 saturated heterocycles. The molecule has 1 N–H and O–H groups in total. The van der Waals surface area contributed by atoms with Crippen LogP contribution >= 0.6 is 0 Å². The lowest BCUT2D eigenvalue weighted by Crippen LogP contribution is -2.21. The van der Waals surface area contributed by atoms with Crippen LogP contribution in [0.5, 0.6) is 0 Å². The monoisotopic (exact) mass is 443 g/mol. The molecule has 0 aliphatic carbocycles. The number of imidazole rings is 1. The van der Waals surface area contributed by atoms with Gasteiger partial charge in [0.1, 0.15) is 5.82 Å². The minimum Gasteiger partial charge on any atom is -0.465 e. The molecule has 0 unspecified atom stereocenters. The number of fused-ring (bicyclic) bond motifs is 1. The Hall–Kier alpha value is -4.46. The lowest BCUT2D eigenvalue weighted by Gasteiger charge is -2.08. The number of carbonyl (C=O) groups excluding carboxylic acids is 3. The maximum atomic E-state index is 12.5.